The third kappa shape index (κ3) is 3.60. The van der Waals surface area contributed by atoms with E-state index in [9.17, 15) is 18.0 Å². The van der Waals surface area contributed by atoms with E-state index >= 15 is 0 Å². The number of hydrogen-bond acceptors (Lipinski definition) is 3. The molecule has 0 bridgehead atoms. The van der Waals surface area contributed by atoms with Gasteiger partial charge >= 0.3 is 6.36 Å². The number of ether oxygens (including phenoxy) is 1. The van der Waals surface area contributed by atoms with Gasteiger partial charge in [0.25, 0.3) is 0 Å². The number of alkyl halides is 3. The topological polar surface area (TPSA) is 64.4 Å². The zero-order chi connectivity index (χ0) is 14.0. The fraction of sp³-hybridized carbons (Fsp3) is 0.417. The number of carbonyl (C=O) groups excluding carboxylic acids is 1. The molecule has 1 aliphatic heterocycles. The minimum Gasteiger partial charge on any atom is -0.406 e. The van der Waals surface area contributed by atoms with Gasteiger partial charge in [-0.3, -0.25) is 4.79 Å². The van der Waals surface area contributed by atoms with Crippen molar-refractivity contribution in [2.75, 3.05) is 0 Å². The van der Waals surface area contributed by atoms with Crippen molar-refractivity contribution in [3.05, 3.63) is 29.8 Å². The lowest BCUT2D eigenvalue weighted by Gasteiger charge is -2.30. The number of amides is 1. The van der Waals surface area contributed by atoms with Gasteiger partial charge in [0.05, 0.1) is 6.04 Å². The monoisotopic (exact) mass is 274 g/mol. The van der Waals surface area contributed by atoms with Crippen LogP contribution in [0.25, 0.3) is 0 Å². The third-order valence-electron chi connectivity index (χ3n) is 2.90. The first-order chi connectivity index (χ1) is 8.85. The van der Waals surface area contributed by atoms with Gasteiger partial charge in [-0.25, -0.2) is 0 Å². The fourth-order valence-electron chi connectivity index (χ4n) is 2.05. The quantitative estimate of drug-likeness (QED) is 0.865. The van der Waals surface area contributed by atoms with Crippen LogP contribution >= 0.6 is 0 Å². The Kier molecular flexibility index (Phi) is 3.66. The average Bonchev–Trinajstić information content (AvgIpc) is 2.30. The van der Waals surface area contributed by atoms with Crippen LogP contribution in [0.3, 0.4) is 0 Å². The summed E-state index contributed by atoms with van der Waals surface area (Å²) in [6.45, 7) is 0. The highest BCUT2D eigenvalue weighted by molar-refractivity contribution is 5.77. The Morgan fingerprint density at radius 1 is 1.37 bits per heavy atom. The molecule has 1 heterocycles. The van der Waals surface area contributed by atoms with Crippen molar-refractivity contribution in [2.45, 2.75) is 31.3 Å². The molecule has 4 nitrogen and oxygen atoms in total. The van der Waals surface area contributed by atoms with Gasteiger partial charge in [-0.15, -0.1) is 13.2 Å². The van der Waals surface area contributed by atoms with Gasteiger partial charge in [-0.05, 0) is 24.1 Å². The number of nitrogens with two attached hydrogens (primary N) is 1. The summed E-state index contributed by atoms with van der Waals surface area (Å²) in [5.74, 6) is -0.481. The molecule has 0 aromatic heterocycles. The van der Waals surface area contributed by atoms with E-state index < -0.39 is 12.4 Å². The molecule has 1 aromatic carbocycles. The number of piperidine rings is 1. The number of halogens is 3. The van der Waals surface area contributed by atoms with Crippen molar-refractivity contribution in [2.24, 2.45) is 5.73 Å². The van der Waals surface area contributed by atoms with Crippen LogP contribution in [0.5, 0.6) is 5.75 Å². The zero-order valence-corrected chi connectivity index (χ0v) is 9.91. The van der Waals surface area contributed by atoms with Gasteiger partial charge in [0.1, 0.15) is 5.75 Å². The normalized spacial score (nSPS) is 23.9. The second-order valence-corrected chi connectivity index (χ2v) is 4.37. The molecule has 3 N–H and O–H groups in total. The van der Waals surface area contributed by atoms with Crippen molar-refractivity contribution >= 4 is 5.91 Å². The Hall–Kier alpha value is -1.76. The zero-order valence-electron chi connectivity index (χ0n) is 9.91. The lowest BCUT2D eigenvalue weighted by atomic mass is 9.92. The van der Waals surface area contributed by atoms with E-state index in [4.69, 9.17) is 5.73 Å². The van der Waals surface area contributed by atoms with Gasteiger partial charge in [0.15, 0.2) is 0 Å². The number of benzene rings is 1. The Bertz CT molecular complexity index is 476. The highest BCUT2D eigenvalue weighted by Crippen LogP contribution is 2.28. The SMILES string of the molecule is NC1CCC(=O)NC1c1cccc(OC(F)(F)F)c1. The fourth-order valence-corrected chi connectivity index (χ4v) is 2.05. The summed E-state index contributed by atoms with van der Waals surface area (Å²) >= 11 is 0. The number of carbonyl (C=O) groups is 1. The largest absolute Gasteiger partial charge is 0.573 e. The van der Waals surface area contributed by atoms with E-state index in [-0.39, 0.29) is 17.7 Å². The first-order valence-corrected chi connectivity index (χ1v) is 5.76. The van der Waals surface area contributed by atoms with Crippen LogP contribution in [-0.2, 0) is 4.79 Å². The summed E-state index contributed by atoms with van der Waals surface area (Å²) in [5.41, 5.74) is 6.37. The van der Waals surface area contributed by atoms with E-state index in [1.807, 2.05) is 0 Å². The lowest BCUT2D eigenvalue weighted by molar-refractivity contribution is -0.274. The highest BCUT2D eigenvalue weighted by atomic mass is 19.4. The predicted octanol–water partition coefficient (Wildman–Crippen LogP) is 1.86. The third-order valence-corrected chi connectivity index (χ3v) is 2.90. The molecular weight excluding hydrogens is 261 g/mol. The van der Waals surface area contributed by atoms with Crippen LogP contribution in [0, 0.1) is 0 Å². The van der Waals surface area contributed by atoms with E-state index in [2.05, 4.69) is 10.1 Å². The number of nitrogens with one attached hydrogen (secondary N) is 1. The molecule has 1 saturated heterocycles. The standard InChI is InChI=1S/C12H13F3N2O2/c13-12(14,15)19-8-3-1-2-7(6-8)11-9(16)4-5-10(18)17-11/h1-3,6,9,11H,4-5,16H2,(H,17,18). The Balaban J connectivity index is 2.20. The summed E-state index contributed by atoms with van der Waals surface area (Å²) in [4.78, 5) is 11.3. The van der Waals surface area contributed by atoms with Crippen molar-refractivity contribution in [3.63, 3.8) is 0 Å². The summed E-state index contributed by atoms with van der Waals surface area (Å²) in [6.07, 6.45) is -3.91. The minimum absolute atomic E-state index is 0.158. The van der Waals surface area contributed by atoms with Crippen LogP contribution in [-0.4, -0.2) is 18.3 Å². The van der Waals surface area contributed by atoms with Gasteiger partial charge in [0.2, 0.25) is 5.91 Å². The Morgan fingerprint density at radius 3 is 2.79 bits per heavy atom. The molecule has 104 valence electrons. The van der Waals surface area contributed by atoms with Gasteiger partial charge < -0.3 is 15.8 Å². The molecule has 2 atom stereocenters. The maximum absolute atomic E-state index is 12.1. The van der Waals surface area contributed by atoms with Crippen molar-refractivity contribution in [1.82, 2.24) is 5.32 Å². The van der Waals surface area contributed by atoms with Gasteiger partial charge in [-0.1, -0.05) is 12.1 Å². The summed E-state index contributed by atoms with van der Waals surface area (Å²) in [5, 5.41) is 2.67. The smallest absolute Gasteiger partial charge is 0.406 e. The van der Waals surface area contributed by atoms with Gasteiger partial charge in [0, 0.05) is 12.5 Å². The van der Waals surface area contributed by atoms with Crippen LogP contribution in [0.15, 0.2) is 24.3 Å². The molecule has 2 rings (SSSR count). The molecule has 0 aliphatic carbocycles. The maximum atomic E-state index is 12.1. The lowest BCUT2D eigenvalue weighted by Crippen LogP contribution is -2.45. The van der Waals surface area contributed by atoms with Crippen LogP contribution < -0.4 is 15.8 Å². The first kappa shape index (κ1) is 13.7. The molecule has 1 aromatic rings. The van der Waals surface area contributed by atoms with Crippen molar-refractivity contribution in [1.29, 1.82) is 0 Å². The summed E-state index contributed by atoms with van der Waals surface area (Å²) in [6, 6.07) is 4.68. The molecule has 7 heteroatoms. The molecule has 1 aliphatic rings. The Morgan fingerprint density at radius 2 is 2.11 bits per heavy atom. The van der Waals surface area contributed by atoms with E-state index in [1.54, 1.807) is 6.07 Å². The molecule has 2 unspecified atom stereocenters. The molecule has 19 heavy (non-hydrogen) atoms. The number of hydrogen-bond donors (Lipinski definition) is 2. The van der Waals surface area contributed by atoms with Crippen LogP contribution in [0.2, 0.25) is 0 Å². The predicted molar refractivity (Wildman–Crippen MR) is 61.2 cm³/mol. The minimum atomic E-state index is -4.74. The Labute approximate surface area is 107 Å². The molecule has 0 radical (unpaired) electrons. The average molecular weight is 274 g/mol. The second-order valence-electron chi connectivity index (χ2n) is 4.37. The van der Waals surface area contributed by atoms with E-state index in [0.717, 1.165) is 0 Å². The maximum Gasteiger partial charge on any atom is 0.573 e. The molecule has 0 spiro atoms. The highest BCUT2D eigenvalue weighted by Gasteiger charge is 2.32. The number of rotatable bonds is 2. The molecule has 1 amide bonds. The summed E-state index contributed by atoms with van der Waals surface area (Å²) < 4.78 is 40.3. The molecular formula is C12H13F3N2O2. The molecule has 1 fully saturated rings. The van der Waals surface area contributed by atoms with Crippen molar-refractivity contribution < 1.29 is 22.7 Å². The molecule has 0 saturated carbocycles. The van der Waals surface area contributed by atoms with Crippen LogP contribution in [0.4, 0.5) is 13.2 Å². The summed E-state index contributed by atoms with van der Waals surface area (Å²) in [7, 11) is 0. The van der Waals surface area contributed by atoms with E-state index in [0.29, 0.717) is 18.4 Å². The van der Waals surface area contributed by atoms with Crippen molar-refractivity contribution in [3.8, 4) is 5.75 Å². The van der Waals surface area contributed by atoms with Crippen LogP contribution in [0.1, 0.15) is 24.4 Å². The van der Waals surface area contributed by atoms with E-state index in [1.165, 1.54) is 18.2 Å². The van der Waals surface area contributed by atoms with Gasteiger partial charge in [-0.2, -0.15) is 0 Å². The first-order valence-electron chi connectivity index (χ1n) is 5.76. The second kappa shape index (κ2) is 5.08.